The maximum atomic E-state index is 5.84. The lowest BCUT2D eigenvalue weighted by molar-refractivity contribution is 0.243. The van der Waals surface area contributed by atoms with Crippen LogP contribution in [0.5, 0.6) is 5.75 Å². The zero-order valence-corrected chi connectivity index (χ0v) is 12.1. The Morgan fingerprint density at radius 2 is 2.25 bits per heavy atom. The number of fused-ring (bicyclic) bond motifs is 1. The van der Waals surface area contributed by atoms with E-state index >= 15 is 0 Å². The van der Waals surface area contributed by atoms with Crippen LogP contribution in [-0.2, 0) is 7.05 Å². The third-order valence-corrected chi connectivity index (χ3v) is 3.33. The number of nitrogens with zero attached hydrogens (tertiary/aromatic N) is 2. The fraction of sp³-hybridized carbons (Fsp3) is 0.400. The number of para-hydroxylation sites is 1. The van der Waals surface area contributed by atoms with Crippen molar-refractivity contribution < 1.29 is 4.74 Å². The average Bonchev–Trinajstić information content (AvgIpc) is 2.84. The van der Waals surface area contributed by atoms with Crippen molar-refractivity contribution in [2.75, 3.05) is 17.2 Å². The molecule has 0 spiro atoms. The van der Waals surface area contributed by atoms with Crippen LogP contribution in [0.4, 0.5) is 11.4 Å². The second kappa shape index (κ2) is 5.07. The predicted octanol–water partition coefficient (Wildman–Crippen LogP) is 2.79. The van der Waals surface area contributed by atoms with Gasteiger partial charge in [-0.2, -0.15) is 5.10 Å². The first-order chi connectivity index (χ1) is 9.63. The molecule has 1 aromatic carbocycles. The average molecular weight is 272 g/mol. The van der Waals surface area contributed by atoms with Crippen molar-refractivity contribution in [3.63, 3.8) is 0 Å². The lowest BCUT2D eigenvalue weighted by Gasteiger charge is -2.29. The van der Waals surface area contributed by atoms with Crippen LogP contribution in [0.25, 0.3) is 0 Å². The number of nitrogens with one attached hydrogen (secondary N) is 2. The molecular weight excluding hydrogens is 252 g/mol. The van der Waals surface area contributed by atoms with Crippen LogP contribution in [0.2, 0.25) is 0 Å². The van der Waals surface area contributed by atoms with Crippen LogP contribution < -0.4 is 15.4 Å². The summed E-state index contributed by atoms with van der Waals surface area (Å²) in [7, 11) is 1.93. The van der Waals surface area contributed by atoms with Gasteiger partial charge in [-0.1, -0.05) is 6.07 Å². The van der Waals surface area contributed by atoms with Crippen molar-refractivity contribution in [1.82, 2.24) is 9.78 Å². The molecule has 1 aliphatic rings. The van der Waals surface area contributed by atoms with E-state index in [-0.39, 0.29) is 12.1 Å². The smallest absolute Gasteiger partial charge is 0.144 e. The van der Waals surface area contributed by atoms with Gasteiger partial charge in [0.15, 0.2) is 0 Å². The Balaban J connectivity index is 1.85. The Morgan fingerprint density at radius 3 is 2.95 bits per heavy atom. The van der Waals surface area contributed by atoms with E-state index in [0.29, 0.717) is 0 Å². The first-order valence-corrected chi connectivity index (χ1v) is 6.92. The first kappa shape index (κ1) is 12.8. The van der Waals surface area contributed by atoms with Crippen molar-refractivity contribution >= 4 is 11.4 Å². The van der Waals surface area contributed by atoms with E-state index in [4.69, 9.17) is 4.74 Å². The van der Waals surface area contributed by atoms with Crippen LogP contribution in [0.1, 0.15) is 25.5 Å². The Hall–Kier alpha value is -2.17. The zero-order chi connectivity index (χ0) is 14.1. The van der Waals surface area contributed by atoms with Crippen LogP contribution >= 0.6 is 0 Å². The number of anilines is 2. The number of hydrogen-bond acceptors (Lipinski definition) is 4. The van der Waals surface area contributed by atoms with E-state index in [1.807, 2.05) is 50.1 Å². The molecule has 2 N–H and O–H groups in total. The normalized spacial score (nSPS) is 17.3. The van der Waals surface area contributed by atoms with Crippen molar-refractivity contribution in [3.8, 4) is 5.75 Å². The van der Waals surface area contributed by atoms with Gasteiger partial charge >= 0.3 is 0 Å². The molecule has 2 aromatic rings. The lowest BCUT2D eigenvalue weighted by Crippen LogP contribution is -2.26. The molecule has 0 bridgehead atoms. The Kier molecular flexibility index (Phi) is 3.26. The SMILES string of the molecule is CC(C)Oc1cccc2c1NCC(c1cnn(C)c1)N2. The molecule has 0 saturated carbocycles. The van der Waals surface area contributed by atoms with Gasteiger partial charge in [-0.15, -0.1) is 0 Å². The lowest BCUT2D eigenvalue weighted by atomic mass is 10.1. The van der Waals surface area contributed by atoms with Gasteiger partial charge in [0, 0.05) is 25.4 Å². The Labute approximate surface area is 118 Å². The zero-order valence-electron chi connectivity index (χ0n) is 12.1. The molecular formula is C15H20N4O. The first-order valence-electron chi connectivity index (χ1n) is 6.92. The molecule has 0 amide bonds. The summed E-state index contributed by atoms with van der Waals surface area (Å²) < 4.78 is 7.66. The van der Waals surface area contributed by atoms with Crippen molar-refractivity contribution in [1.29, 1.82) is 0 Å². The number of rotatable bonds is 3. The standard InChI is InChI=1S/C15H20N4O/c1-10(2)20-14-6-4-5-12-15(14)16-8-13(18-12)11-7-17-19(3)9-11/h4-7,9-10,13,16,18H,8H2,1-3H3. The maximum Gasteiger partial charge on any atom is 0.144 e. The van der Waals surface area contributed by atoms with E-state index < -0.39 is 0 Å². The Morgan fingerprint density at radius 1 is 1.40 bits per heavy atom. The highest BCUT2D eigenvalue weighted by Gasteiger charge is 2.22. The van der Waals surface area contributed by atoms with E-state index in [1.165, 1.54) is 5.56 Å². The topological polar surface area (TPSA) is 51.1 Å². The predicted molar refractivity (Wildman–Crippen MR) is 80.3 cm³/mol. The van der Waals surface area contributed by atoms with Gasteiger partial charge in [-0.25, -0.2) is 0 Å². The van der Waals surface area contributed by atoms with Gasteiger partial charge < -0.3 is 15.4 Å². The summed E-state index contributed by atoms with van der Waals surface area (Å²) in [4.78, 5) is 0. The quantitative estimate of drug-likeness (QED) is 0.902. The van der Waals surface area contributed by atoms with Gasteiger partial charge in [0.1, 0.15) is 11.4 Å². The Bertz CT molecular complexity index is 606. The summed E-state index contributed by atoms with van der Waals surface area (Å²) in [6, 6.07) is 6.30. The van der Waals surface area contributed by atoms with Crippen LogP contribution in [0.3, 0.4) is 0 Å². The molecule has 0 radical (unpaired) electrons. The van der Waals surface area contributed by atoms with Gasteiger partial charge in [-0.3, -0.25) is 4.68 Å². The summed E-state index contributed by atoms with van der Waals surface area (Å²) in [5.41, 5.74) is 3.30. The van der Waals surface area contributed by atoms with Gasteiger partial charge in [-0.05, 0) is 26.0 Å². The fourth-order valence-electron chi connectivity index (χ4n) is 2.45. The molecule has 106 valence electrons. The minimum absolute atomic E-state index is 0.166. The third-order valence-electron chi connectivity index (χ3n) is 3.33. The second-order valence-corrected chi connectivity index (χ2v) is 5.37. The molecule has 5 nitrogen and oxygen atoms in total. The molecule has 1 aromatic heterocycles. The van der Waals surface area contributed by atoms with Crippen molar-refractivity contribution in [2.24, 2.45) is 7.05 Å². The van der Waals surface area contributed by atoms with Crippen molar-refractivity contribution in [3.05, 3.63) is 36.2 Å². The number of ether oxygens (including phenoxy) is 1. The summed E-state index contributed by atoms with van der Waals surface area (Å²) in [5.74, 6) is 0.898. The molecule has 0 aliphatic carbocycles. The van der Waals surface area contributed by atoms with Gasteiger partial charge in [0.2, 0.25) is 0 Å². The number of benzene rings is 1. The molecule has 1 unspecified atom stereocenters. The number of hydrogen-bond donors (Lipinski definition) is 2. The van der Waals surface area contributed by atoms with Crippen LogP contribution in [0.15, 0.2) is 30.6 Å². The molecule has 3 rings (SSSR count). The minimum Gasteiger partial charge on any atom is -0.489 e. The summed E-state index contributed by atoms with van der Waals surface area (Å²) in [6.45, 7) is 4.89. The highest BCUT2D eigenvalue weighted by atomic mass is 16.5. The number of aryl methyl sites for hydroxylation is 1. The largest absolute Gasteiger partial charge is 0.489 e. The van der Waals surface area contributed by atoms with E-state index in [2.05, 4.69) is 21.8 Å². The second-order valence-electron chi connectivity index (χ2n) is 5.37. The molecule has 1 aliphatic heterocycles. The molecule has 1 atom stereocenters. The molecule has 0 fully saturated rings. The van der Waals surface area contributed by atoms with Gasteiger partial charge in [0.05, 0.1) is 24.0 Å². The van der Waals surface area contributed by atoms with Crippen LogP contribution in [0, 0.1) is 0 Å². The summed E-state index contributed by atoms with van der Waals surface area (Å²) in [6.07, 6.45) is 4.11. The van der Waals surface area contributed by atoms with Crippen LogP contribution in [-0.4, -0.2) is 22.4 Å². The molecule has 2 heterocycles. The minimum atomic E-state index is 0.166. The molecule has 0 saturated heterocycles. The highest BCUT2D eigenvalue weighted by molar-refractivity contribution is 5.77. The monoisotopic (exact) mass is 272 g/mol. The van der Waals surface area contributed by atoms with Crippen molar-refractivity contribution in [2.45, 2.75) is 26.0 Å². The molecule has 5 heteroatoms. The summed E-state index contributed by atoms with van der Waals surface area (Å²) >= 11 is 0. The van der Waals surface area contributed by atoms with Gasteiger partial charge in [0.25, 0.3) is 0 Å². The van der Waals surface area contributed by atoms with E-state index in [1.54, 1.807) is 0 Å². The summed E-state index contributed by atoms with van der Waals surface area (Å²) in [5, 5.41) is 11.2. The van der Waals surface area contributed by atoms with E-state index in [9.17, 15) is 0 Å². The maximum absolute atomic E-state index is 5.84. The molecule has 20 heavy (non-hydrogen) atoms. The van der Waals surface area contributed by atoms with E-state index in [0.717, 1.165) is 23.7 Å². The fourth-order valence-corrected chi connectivity index (χ4v) is 2.45. The highest BCUT2D eigenvalue weighted by Crippen LogP contribution is 2.38. The third kappa shape index (κ3) is 2.43. The number of aromatic nitrogens is 2.